The zero-order chi connectivity index (χ0) is 19.9. The van der Waals surface area contributed by atoms with Gasteiger partial charge >= 0.3 is 6.03 Å². The highest BCUT2D eigenvalue weighted by atomic mass is 19.1. The average molecular weight is 385 g/mol. The number of amides is 2. The molecule has 0 atom stereocenters. The minimum absolute atomic E-state index is 0.151. The quantitative estimate of drug-likeness (QED) is 0.784. The Kier molecular flexibility index (Phi) is 6.87. The fourth-order valence-electron chi connectivity index (χ4n) is 3.52. The summed E-state index contributed by atoms with van der Waals surface area (Å²) in [6.07, 6.45) is 2.69. The molecular weight excluding hydrogens is 357 g/mol. The summed E-state index contributed by atoms with van der Waals surface area (Å²) in [4.78, 5) is 14.5. The normalized spacial score (nSPS) is 15.2. The first kappa shape index (κ1) is 20.1. The minimum atomic E-state index is -0.333. The molecule has 1 aliphatic rings. The monoisotopic (exact) mass is 385 g/mol. The predicted molar refractivity (Wildman–Crippen MR) is 109 cm³/mol. The van der Waals surface area contributed by atoms with Gasteiger partial charge in [0.1, 0.15) is 0 Å². The average Bonchev–Trinajstić information content (AvgIpc) is 2.70. The lowest BCUT2D eigenvalue weighted by atomic mass is 10.0. The molecule has 1 heterocycles. The highest BCUT2D eigenvalue weighted by Gasteiger charge is 2.21. The van der Waals surface area contributed by atoms with Crippen LogP contribution in [0.5, 0.6) is 5.75 Å². The number of halogens is 1. The third-order valence-electron chi connectivity index (χ3n) is 5.14. The van der Waals surface area contributed by atoms with Crippen LogP contribution in [-0.4, -0.2) is 37.2 Å². The van der Waals surface area contributed by atoms with Crippen molar-refractivity contribution in [3.63, 3.8) is 0 Å². The van der Waals surface area contributed by atoms with E-state index in [1.54, 1.807) is 6.07 Å². The molecule has 2 aromatic rings. The zero-order valence-electron chi connectivity index (χ0n) is 16.5. The Morgan fingerprint density at radius 1 is 1.18 bits per heavy atom. The molecule has 0 radical (unpaired) electrons. The van der Waals surface area contributed by atoms with Gasteiger partial charge in [0.2, 0.25) is 0 Å². The van der Waals surface area contributed by atoms with Crippen LogP contribution in [0.15, 0.2) is 42.5 Å². The molecule has 6 heteroatoms. The molecule has 1 aliphatic heterocycles. The third-order valence-corrected chi connectivity index (χ3v) is 5.14. The Labute approximate surface area is 165 Å². The molecule has 0 bridgehead atoms. The van der Waals surface area contributed by atoms with E-state index in [1.807, 2.05) is 30.3 Å². The van der Waals surface area contributed by atoms with Gasteiger partial charge in [0.15, 0.2) is 11.6 Å². The number of methoxy groups -OCH3 is 1. The molecule has 150 valence electrons. The number of hydrogen-bond acceptors (Lipinski definition) is 3. The van der Waals surface area contributed by atoms with Crippen LogP contribution in [-0.2, 0) is 13.0 Å². The number of ether oxygens (including phenoxy) is 1. The molecule has 3 rings (SSSR count). The van der Waals surface area contributed by atoms with Gasteiger partial charge in [-0.2, -0.15) is 0 Å². The second kappa shape index (κ2) is 9.55. The highest BCUT2D eigenvalue weighted by molar-refractivity contribution is 5.89. The Morgan fingerprint density at radius 2 is 1.96 bits per heavy atom. The molecule has 5 nitrogen and oxygen atoms in total. The zero-order valence-corrected chi connectivity index (χ0v) is 16.5. The molecule has 0 unspecified atom stereocenters. The van der Waals surface area contributed by atoms with E-state index in [0.717, 1.165) is 43.6 Å². The lowest BCUT2D eigenvalue weighted by Crippen LogP contribution is -2.45. The molecule has 0 aliphatic carbocycles. The van der Waals surface area contributed by atoms with Gasteiger partial charge in [0, 0.05) is 31.4 Å². The number of urea groups is 1. The molecule has 0 saturated carbocycles. The third kappa shape index (κ3) is 5.45. The van der Waals surface area contributed by atoms with Crippen molar-refractivity contribution < 1.29 is 13.9 Å². The number of carbonyl (C=O) groups is 1. The van der Waals surface area contributed by atoms with Gasteiger partial charge in [-0.15, -0.1) is 0 Å². The van der Waals surface area contributed by atoms with E-state index >= 15 is 0 Å². The number of nitrogens with zero attached hydrogens (tertiary/aromatic N) is 1. The standard InChI is InChI=1S/C22H28FN3O2/c1-3-16-5-4-6-19(13-16)25-22(27)24-18-9-11-26(12-10-18)15-17-7-8-21(28-2)20(23)14-17/h4-8,13-14,18H,3,9-12,15H2,1-2H3,(H2,24,25,27). The second-order valence-electron chi connectivity index (χ2n) is 7.17. The fourth-order valence-corrected chi connectivity index (χ4v) is 3.52. The van der Waals surface area contributed by atoms with E-state index in [-0.39, 0.29) is 23.6 Å². The van der Waals surface area contributed by atoms with Crippen LogP contribution >= 0.6 is 0 Å². The lowest BCUT2D eigenvalue weighted by molar-refractivity contribution is 0.189. The van der Waals surface area contributed by atoms with Crippen molar-refractivity contribution in [3.05, 3.63) is 59.4 Å². The van der Waals surface area contributed by atoms with Crippen molar-refractivity contribution in [3.8, 4) is 5.75 Å². The van der Waals surface area contributed by atoms with Crippen molar-refractivity contribution in [2.45, 2.75) is 38.8 Å². The summed E-state index contributed by atoms with van der Waals surface area (Å²) in [5.74, 6) is -0.0671. The number of hydrogen-bond donors (Lipinski definition) is 2. The van der Waals surface area contributed by atoms with Gasteiger partial charge in [-0.05, 0) is 54.7 Å². The maximum atomic E-state index is 13.8. The van der Waals surface area contributed by atoms with E-state index in [2.05, 4.69) is 22.5 Å². The van der Waals surface area contributed by atoms with Crippen molar-refractivity contribution >= 4 is 11.7 Å². The summed E-state index contributed by atoms with van der Waals surface area (Å²) < 4.78 is 18.8. The largest absolute Gasteiger partial charge is 0.494 e. The van der Waals surface area contributed by atoms with Crippen LogP contribution in [0.4, 0.5) is 14.9 Å². The first-order chi connectivity index (χ1) is 13.6. The van der Waals surface area contributed by atoms with Crippen LogP contribution in [0.1, 0.15) is 30.9 Å². The predicted octanol–water partition coefficient (Wildman–Crippen LogP) is 4.18. The van der Waals surface area contributed by atoms with Gasteiger partial charge in [-0.3, -0.25) is 4.90 Å². The topological polar surface area (TPSA) is 53.6 Å². The highest BCUT2D eigenvalue weighted by Crippen LogP contribution is 2.20. The number of nitrogens with one attached hydrogen (secondary N) is 2. The summed E-state index contributed by atoms with van der Waals surface area (Å²) in [7, 11) is 1.46. The minimum Gasteiger partial charge on any atom is -0.494 e. The van der Waals surface area contributed by atoms with Crippen molar-refractivity contribution in [1.82, 2.24) is 10.2 Å². The van der Waals surface area contributed by atoms with E-state index in [1.165, 1.54) is 18.7 Å². The summed E-state index contributed by atoms with van der Waals surface area (Å²) >= 11 is 0. The van der Waals surface area contributed by atoms with Crippen molar-refractivity contribution in [1.29, 1.82) is 0 Å². The SMILES string of the molecule is CCc1cccc(NC(=O)NC2CCN(Cc3ccc(OC)c(F)c3)CC2)c1. The Bertz CT molecular complexity index is 804. The Balaban J connectivity index is 1.44. The maximum absolute atomic E-state index is 13.8. The number of piperidine rings is 1. The van der Waals surface area contributed by atoms with Crippen molar-refractivity contribution in [2.24, 2.45) is 0 Å². The smallest absolute Gasteiger partial charge is 0.319 e. The number of likely N-dealkylation sites (tertiary alicyclic amines) is 1. The first-order valence-corrected chi connectivity index (χ1v) is 9.78. The van der Waals surface area contributed by atoms with E-state index < -0.39 is 0 Å². The van der Waals surface area contributed by atoms with Gasteiger partial charge < -0.3 is 15.4 Å². The van der Waals surface area contributed by atoms with Crippen LogP contribution < -0.4 is 15.4 Å². The molecule has 0 spiro atoms. The Morgan fingerprint density at radius 3 is 2.64 bits per heavy atom. The summed E-state index contributed by atoms with van der Waals surface area (Å²) in [6, 6.07) is 13.0. The fraction of sp³-hybridized carbons (Fsp3) is 0.409. The molecule has 1 saturated heterocycles. The molecule has 28 heavy (non-hydrogen) atoms. The van der Waals surface area contributed by atoms with Crippen LogP contribution in [0.3, 0.4) is 0 Å². The van der Waals surface area contributed by atoms with Gasteiger partial charge in [0.05, 0.1) is 7.11 Å². The van der Waals surface area contributed by atoms with E-state index in [4.69, 9.17) is 4.74 Å². The molecular formula is C22H28FN3O2. The number of aryl methyl sites for hydroxylation is 1. The van der Waals surface area contributed by atoms with Gasteiger partial charge in [0.25, 0.3) is 0 Å². The number of anilines is 1. The number of benzene rings is 2. The lowest BCUT2D eigenvalue weighted by Gasteiger charge is -2.32. The Hall–Kier alpha value is -2.60. The number of carbonyl (C=O) groups excluding carboxylic acids is 1. The first-order valence-electron chi connectivity index (χ1n) is 9.78. The van der Waals surface area contributed by atoms with E-state index in [0.29, 0.717) is 6.54 Å². The van der Waals surface area contributed by atoms with Gasteiger partial charge in [-0.25, -0.2) is 9.18 Å². The molecule has 1 fully saturated rings. The summed E-state index contributed by atoms with van der Waals surface area (Å²) in [5, 5.41) is 5.98. The molecule has 0 aromatic heterocycles. The van der Waals surface area contributed by atoms with Crippen LogP contribution in [0, 0.1) is 5.82 Å². The van der Waals surface area contributed by atoms with Gasteiger partial charge in [-0.1, -0.05) is 25.1 Å². The van der Waals surface area contributed by atoms with Crippen LogP contribution in [0.2, 0.25) is 0 Å². The van der Waals surface area contributed by atoms with E-state index in [9.17, 15) is 9.18 Å². The second-order valence-corrected chi connectivity index (χ2v) is 7.17. The maximum Gasteiger partial charge on any atom is 0.319 e. The molecule has 2 amide bonds. The summed E-state index contributed by atoms with van der Waals surface area (Å²) in [5.41, 5.74) is 2.94. The van der Waals surface area contributed by atoms with Crippen LogP contribution in [0.25, 0.3) is 0 Å². The molecule has 2 aromatic carbocycles. The number of rotatable bonds is 6. The molecule has 2 N–H and O–H groups in total. The summed E-state index contributed by atoms with van der Waals surface area (Å²) in [6.45, 7) is 4.52. The van der Waals surface area contributed by atoms with Crippen molar-refractivity contribution in [2.75, 3.05) is 25.5 Å².